The van der Waals surface area contributed by atoms with E-state index in [0.717, 1.165) is 31.5 Å². The van der Waals surface area contributed by atoms with Crippen LogP contribution in [0.1, 0.15) is 31.7 Å². The number of hydrogen-bond acceptors (Lipinski definition) is 4. The molecule has 3 unspecified atom stereocenters. The van der Waals surface area contributed by atoms with Gasteiger partial charge in [-0.1, -0.05) is 26.0 Å². The SMILES string of the molecule is CCCNC(Cc1nc2ccccc2s1)C1OCCC1C. The van der Waals surface area contributed by atoms with Crippen LogP contribution in [0.15, 0.2) is 24.3 Å². The van der Waals surface area contributed by atoms with Crippen LogP contribution in [-0.4, -0.2) is 30.3 Å². The van der Waals surface area contributed by atoms with Crippen molar-refractivity contribution in [2.24, 2.45) is 5.92 Å². The highest BCUT2D eigenvalue weighted by molar-refractivity contribution is 7.18. The van der Waals surface area contributed by atoms with Crippen LogP contribution in [-0.2, 0) is 11.2 Å². The topological polar surface area (TPSA) is 34.2 Å². The summed E-state index contributed by atoms with van der Waals surface area (Å²) in [5.74, 6) is 0.633. The molecular formula is C17H24N2OS. The fourth-order valence-corrected chi connectivity index (χ4v) is 4.09. The van der Waals surface area contributed by atoms with Gasteiger partial charge in [0, 0.05) is 19.1 Å². The van der Waals surface area contributed by atoms with Crippen LogP contribution >= 0.6 is 11.3 Å². The van der Waals surface area contributed by atoms with Crippen molar-refractivity contribution in [1.82, 2.24) is 10.3 Å². The van der Waals surface area contributed by atoms with Crippen LogP contribution in [0.2, 0.25) is 0 Å². The average molecular weight is 304 g/mol. The predicted molar refractivity (Wildman–Crippen MR) is 88.9 cm³/mol. The number of benzene rings is 1. The quantitative estimate of drug-likeness (QED) is 0.885. The van der Waals surface area contributed by atoms with Gasteiger partial charge >= 0.3 is 0 Å². The summed E-state index contributed by atoms with van der Waals surface area (Å²) in [5.41, 5.74) is 1.12. The molecule has 2 aromatic rings. The highest BCUT2D eigenvalue weighted by Gasteiger charge is 2.32. The minimum absolute atomic E-state index is 0.323. The molecule has 1 aromatic heterocycles. The van der Waals surface area contributed by atoms with Crippen molar-refractivity contribution in [2.75, 3.05) is 13.2 Å². The van der Waals surface area contributed by atoms with Crippen molar-refractivity contribution in [2.45, 2.75) is 45.3 Å². The van der Waals surface area contributed by atoms with E-state index in [1.807, 2.05) is 11.3 Å². The molecule has 0 saturated carbocycles. The van der Waals surface area contributed by atoms with Crippen LogP contribution < -0.4 is 5.32 Å². The zero-order chi connectivity index (χ0) is 14.7. The third kappa shape index (κ3) is 3.44. The number of fused-ring (bicyclic) bond motifs is 1. The predicted octanol–water partition coefficient (Wildman–Crippen LogP) is 3.63. The molecule has 1 aromatic carbocycles. The van der Waals surface area contributed by atoms with E-state index in [2.05, 4.69) is 43.4 Å². The minimum atomic E-state index is 0.323. The Balaban J connectivity index is 1.76. The fraction of sp³-hybridized carbons (Fsp3) is 0.588. The number of para-hydroxylation sites is 1. The molecule has 0 aliphatic carbocycles. The summed E-state index contributed by atoms with van der Waals surface area (Å²) in [6.07, 6.45) is 3.62. The lowest BCUT2D eigenvalue weighted by atomic mass is 9.95. The van der Waals surface area contributed by atoms with Gasteiger partial charge in [0.2, 0.25) is 0 Å². The Kier molecular flexibility index (Phi) is 4.88. The Labute approximate surface area is 130 Å². The Bertz CT molecular complexity index is 550. The van der Waals surface area contributed by atoms with Crippen LogP contribution in [0.5, 0.6) is 0 Å². The molecule has 1 saturated heterocycles. The molecule has 3 rings (SSSR count). The molecule has 2 heterocycles. The van der Waals surface area contributed by atoms with Crippen molar-refractivity contribution in [3.63, 3.8) is 0 Å². The highest BCUT2D eigenvalue weighted by atomic mass is 32.1. The normalized spacial score (nSPS) is 23.7. The van der Waals surface area contributed by atoms with Gasteiger partial charge in [0.15, 0.2) is 0 Å². The van der Waals surface area contributed by atoms with E-state index >= 15 is 0 Å². The van der Waals surface area contributed by atoms with Gasteiger partial charge in [0.05, 0.1) is 21.3 Å². The Hall–Kier alpha value is -0.970. The van der Waals surface area contributed by atoms with E-state index in [9.17, 15) is 0 Å². The summed E-state index contributed by atoms with van der Waals surface area (Å²) in [6.45, 7) is 6.45. The first-order chi connectivity index (χ1) is 10.3. The lowest BCUT2D eigenvalue weighted by Gasteiger charge is -2.26. The molecule has 0 spiro atoms. The molecule has 21 heavy (non-hydrogen) atoms. The van der Waals surface area contributed by atoms with Crippen LogP contribution in [0.4, 0.5) is 0 Å². The number of ether oxygens (including phenoxy) is 1. The first kappa shape index (κ1) is 14.9. The van der Waals surface area contributed by atoms with E-state index in [-0.39, 0.29) is 0 Å². The molecule has 3 nitrogen and oxygen atoms in total. The molecule has 0 bridgehead atoms. The van der Waals surface area contributed by atoms with Gasteiger partial charge in [-0.2, -0.15) is 0 Å². The van der Waals surface area contributed by atoms with E-state index in [4.69, 9.17) is 9.72 Å². The standard InChI is InChI=1S/C17H24N2OS/c1-3-9-18-14(17-12(2)8-10-20-17)11-16-19-13-6-4-5-7-15(13)21-16/h4-7,12,14,17-18H,3,8-11H2,1-2H3. The van der Waals surface area contributed by atoms with Crippen molar-refractivity contribution in [3.8, 4) is 0 Å². The molecule has 0 radical (unpaired) electrons. The summed E-state index contributed by atoms with van der Waals surface area (Å²) < 4.78 is 7.26. The molecule has 4 heteroatoms. The number of nitrogens with one attached hydrogen (secondary N) is 1. The maximum Gasteiger partial charge on any atom is 0.0955 e. The van der Waals surface area contributed by atoms with Crippen LogP contribution in [0.3, 0.4) is 0 Å². The van der Waals surface area contributed by atoms with E-state index in [1.165, 1.54) is 16.1 Å². The largest absolute Gasteiger partial charge is 0.376 e. The fourth-order valence-electron chi connectivity index (χ4n) is 3.06. The second-order valence-electron chi connectivity index (χ2n) is 5.94. The van der Waals surface area contributed by atoms with E-state index in [0.29, 0.717) is 18.1 Å². The smallest absolute Gasteiger partial charge is 0.0955 e. The number of rotatable bonds is 6. The molecule has 1 fully saturated rings. The van der Waals surface area contributed by atoms with Crippen molar-refractivity contribution in [3.05, 3.63) is 29.3 Å². The first-order valence-electron chi connectivity index (χ1n) is 7.97. The van der Waals surface area contributed by atoms with Crippen molar-refractivity contribution in [1.29, 1.82) is 0 Å². The molecule has 1 aliphatic heterocycles. The van der Waals surface area contributed by atoms with Crippen molar-refractivity contribution < 1.29 is 4.74 Å². The summed E-state index contributed by atoms with van der Waals surface area (Å²) in [4.78, 5) is 4.78. The van der Waals surface area contributed by atoms with E-state index in [1.54, 1.807) is 0 Å². The lowest BCUT2D eigenvalue weighted by molar-refractivity contribution is 0.0610. The zero-order valence-corrected chi connectivity index (χ0v) is 13.7. The molecule has 0 amide bonds. The zero-order valence-electron chi connectivity index (χ0n) is 12.8. The first-order valence-corrected chi connectivity index (χ1v) is 8.79. The van der Waals surface area contributed by atoms with Gasteiger partial charge < -0.3 is 10.1 Å². The lowest BCUT2D eigenvalue weighted by Crippen LogP contribution is -2.44. The average Bonchev–Trinajstić information content (AvgIpc) is 3.08. The number of nitrogens with zero attached hydrogens (tertiary/aromatic N) is 1. The Morgan fingerprint density at radius 1 is 1.43 bits per heavy atom. The second-order valence-corrected chi connectivity index (χ2v) is 7.06. The third-order valence-corrected chi connectivity index (χ3v) is 5.29. The summed E-state index contributed by atoms with van der Waals surface area (Å²) in [7, 11) is 0. The monoisotopic (exact) mass is 304 g/mol. The maximum absolute atomic E-state index is 5.99. The number of thiazole rings is 1. The molecule has 3 atom stereocenters. The molecule has 1 N–H and O–H groups in total. The summed E-state index contributed by atoms with van der Waals surface area (Å²) in [6, 6.07) is 8.76. The summed E-state index contributed by atoms with van der Waals surface area (Å²) in [5, 5.41) is 4.89. The molecule has 114 valence electrons. The van der Waals surface area contributed by atoms with Gasteiger partial charge in [-0.3, -0.25) is 0 Å². The number of hydrogen-bond donors (Lipinski definition) is 1. The minimum Gasteiger partial charge on any atom is -0.376 e. The van der Waals surface area contributed by atoms with E-state index < -0.39 is 0 Å². The van der Waals surface area contributed by atoms with Gasteiger partial charge in [-0.15, -0.1) is 11.3 Å². The van der Waals surface area contributed by atoms with Gasteiger partial charge in [-0.05, 0) is 37.4 Å². The molecular weight excluding hydrogens is 280 g/mol. The van der Waals surface area contributed by atoms with Crippen LogP contribution in [0, 0.1) is 5.92 Å². The van der Waals surface area contributed by atoms with Crippen molar-refractivity contribution >= 4 is 21.6 Å². The molecule has 1 aliphatic rings. The maximum atomic E-state index is 5.99. The highest BCUT2D eigenvalue weighted by Crippen LogP contribution is 2.27. The Morgan fingerprint density at radius 3 is 3.00 bits per heavy atom. The van der Waals surface area contributed by atoms with Gasteiger partial charge in [0.1, 0.15) is 0 Å². The number of aromatic nitrogens is 1. The Morgan fingerprint density at radius 2 is 2.29 bits per heavy atom. The van der Waals surface area contributed by atoms with Gasteiger partial charge in [-0.25, -0.2) is 4.98 Å². The summed E-state index contributed by atoms with van der Waals surface area (Å²) >= 11 is 1.81. The second kappa shape index (κ2) is 6.86. The van der Waals surface area contributed by atoms with Gasteiger partial charge in [0.25, 0.3) is 0 Å². The van der Waals surface area contributed by atoms with Crippen LogP contribution in [0.25, 0.3) is 10.2 Å². The third-order valence-electron chi connectivity index (χ3n) is 4.23.